The Hall–Kier alpha value is -4.71. The molecular weight excluding hydrogens is 436 g/mol. The Bertz CT molecular complexity index is 1560. The normalized spacial score (nSPS) is 12.3. The van der Waals surface area contributed by atoms with Crippen LogP contribution >= 0.6 is 0 Å². The molecular formula is C29H22N4O2. The van der Waals surface area contributed by atoms with Crippen molar-refractivity contribution in [1.29, 1.82) is 0 Å². The number of para-hydroxylation sites is 2. The highest BCUT2D eigenvalue weighted by atomic mass is 16.5. The van der Waals surface area contributed by atoms with E-state index in [-0.39, 0.29) is 5.91 Å². The van der Waals surface area contributed by atoms with Gasteiger partial charge in [0.1, 0.15) is 17.2 Å². The highest BCUT2D eigenvalue weighted by Crippen LogP contribution is 2.36. The highest BCUT2D eigenvalue weighted by Gasteiger charge is 2.18. The lowest BCUT2D eigenvalue weighted by Gasteiger charge is -2.08. The Morgan fingerprint density at radius 3 is 2.60 bits per heavy atom. The van der Waals surface area contributed by atoms with Crippen LogP contribution in [0, 0.1) is 0 Å². The van der Waals surface area contributed by atoms with Crippen molar-refractivity contribution in [3.63, 3.8) is 0 Å². The predicted molar refractivity (Wildman–Crippen MR) is 137 cm³/mol. The fourth-order valence-electron chi connectivity index (χ4n) is 4.56. The monoisotopic (exact) mass is 458 g/mol. The molecule has 1 amide bonds. The number of hydrogen-bond donors (Lipinski definition) is 2. The zero-order chi connectivity index (χ0) is 23.6. The standard InChI is InChI=1S/C29H22N4O2/c34-29(33-30-18-21-7-4-5-12-27(21)35-22-9-2-1-3-10-22)26-17-25(31-32-26)23-16-15-20-14-13-19-8-6-11-24(23)28(19)20/h1-12,15-18H,13-14H2,(H,31,32)(H,33,34)/b30-18+. The number of benzene rings is 4. The van der Waals surface area contributed by atoms with Gasteiger partial charge in [0.25, 0.3) is 5.91 Å². The second-order valence-electron chi connectivity index (χ2n) is 8.43. The van der Waals surface area contributed by atoms with Crippen molar-refractivity contribution in [2.45, 2.75) is 12.8 Å². The average molecular weight is 459 g/mol. The number of carbonyl (C=O) groups is 1. The number of amides is 1. The summed E-state index contributed by atoms with van der Waals surface area (Å²) in [6, 6.07) is 29.4. The smallest absolute Gasteiger partial charge is 0.289 e. The Morgan fingerprint density at radius 1 is 0.914 bits per heavy atom. The summed E-state index contributed by atoms with van der Waals surface area (Å²) in [5.41, 5.74) is 8.15. The summed E-state index contributed by atoms with van der Waals surface area (Å²) in [6.45, 7) is 0. The second-order valence-corrected chi connectivity index (χ2v) is 8.43. The van der Waals surface area contributed by atoms with Gasteiger partial charge >= 0.3 is 0 Å². The van der Waals surface area contributed by atoms with Gasteiger partial charge in [-0.3, -0.25) is 9.89 Å². The summed E-state index contributed by atoms with van der Waals surface area (Å²) in [7, 11) is 0. The van der Waals surface area contributed by atoms with Crippen LogP contribution in [0.15, 0.2) is 96.1 Å². The number of aromatic nitrogens is 2. The van der Waals surface area contributed by atoms with Crippen LogP contribution in [0.25, 0.3) is 22.0 Å². The van der Waals surface area contributed by atoms with E-state index in [0.717, 1.165) is 35.4 Å². The van der Waals surface area contributed by atoms with Gasteiger partial charge in [-0.25, -0.2) is 5.43 Å². The summed E-state index contributed by atoms with van der Waals surface area (Å²) in [4.78, 5) is 12.7. The third kappa shape index (κ3) is 4.06. The number of H-pyrrole nitrogens is 1. The summed E-state index contributed by atoms with van der Waals surface area (Å²) in [5.74, 6) is 1.00. The molecule has 0 aliphatic heterocycles. The summed E-state index contributed by atoms with van der Waals surface area (Å²) in [6.07, 6.45) is 3.71. The van der Waals surface area contributed by atoms with Crippen LogP contribution in [-0.2, 0) is 12.8 Å². The molecule has 0 spiro atoms. The molecule has 1 aliphatic rings. The Labute approximate surface area is 202 Å². The van der Waals surface area contributed by atoms with Crippen LogP contribution in [0.2, 0.25) is 0 Å². The molecule has 2 N–H and O–H groups in total. The van der Waals surface area contributed by atoms with Crippen molar-refractivity contribution < 1.29 is 9.53 Å². The van der Waals surface area contributed by atoms with Gasteiger partial charge in [0, 0.05) is 11.1 Å². The van der Waals surface area contributed by atoms with E-state index in [9.17, 15) is 4.79 Å². The van der Waals surface area contributed by atoms with Crippen LogP contribution in [0.5, 0.6) is 11.5 Å². The van der Waals surface area contributed by atoms with Crippen LogP contribution in [-0.4, -0.2) is 22.3 Å². The molecule has 35 heavy (non-hydrogen) atoms. The third-order valence-corrected chi connectivity index (χ3v) is 6.24. The zero-order valence-electron chi connectivity index (χ0n) is 18.9. The lowest BCUT2D eigenvalue weighted by Crippen LogP contribution is -2.18. The van der Waals surface area contributed by atoms with Crippen molar-refractivity contribution in [1.82, 2.24) is 15.6 Å². The Balaban J connectivity index is 1.19. The minimum absolute atomic E-state index is 0.342. The minimum atomic E-state index is -0.368. The van der Waals surface area contributed by atoms with Crippen molar-refractivity contribution in [2.75, 3.05) is 0 Å². The first kappa shape index (κ1) is 20.9. The molecule has 6 heteroatoms. The van der Waals surface area contributed by atoms with Crippen molar-refractivity contribution in [2.24, 2.45) is 5.10 Å². The predicted octanol–water partition coefficient (Wildman–Crippen LogP) is 5.88. The molecule has 5 aromatic rings. The van der Waals surface area contributed by atoms with Gasteiger partial charge in [-0.15, -0.1) is 0 Å². The zero-order valence-corrected chi connectivity index (χ0v) is 18.9. The first-order valence-electron chi connectivity index (χ1n) is 11.5. The van der Waals surface area contributed by atoms with Gasteiger partial charge in [-0.05, 0) is 65.1 Å². The summed E-state index contributed by atoms with van der Waals surface area (Å²) < 4.78 is 5.94. The molecule has 6 nitrogen and oxygen atoms in total. The van der Waals surface area contributed by atoms with E-state index in [0.29, 0.717) is 11.4 Å². The van der Waals surface area contributed by atoms with Gasteiger partial charge in [0.05, 0.1) is 11.9 Å². The van der Waals surface area contributed by atoms with Crippen LogP contribution in [0.1, 0.15) is 27.2 Å². The van der Waals surface area contributed by atoms with E-state index in [2.05, 4.69) is 51.1 Å². The lowest BCUT2D eigenvalue weighted by atomic mass is 9.98. The van der Waals surface area contributed by atoms with E-state index in [1.807, 2.05) is 54.6 Å². The fourth-order valence-corrected chi connectivity index (χ4v) is 4.56. The van der Waals surface area contributed by atoms with Crippen molar-refractivity contribution in [3.05, 3.63) is 113 Å². The van der Waals surface area contributed by atoms with Gasteiger partial charge < -0.3 is 4.74 Å². The van der Waals surface area contributed by atoms with Gasteiger partial charge in [0.15, 0.2) is 0 Å². The molecule has 0 radical (unpaired) electrons. The van der Waals surface area contributed by atoms with E-state index < -0.39 is 0 Å². The van der Waals surface area contributed by atoms with Crippen molar-refractivity contribution in [3.8, 4) is 22.8 Å². The molecule has 0 saturated heterocycles. The van der Waals surface area contributed by atoms with E-state index in [1.165, 1.54) is 21.9 Å². The molecule has 1 heterocycles. The molecule has 0 atom stereocenters. The number of aryl methyl sites for hydroxylation is 2. The number of hydrogen-bond acceptors (Lipinski definition) is 4. The maximum absolute atomic E-state index is 12.7. The molecule has 1 aliphatic carbocycles. The van der Waals surface area contributed by atoms with Gasteiger partial charge in [-0.2, -0.15) is 10.2 Å². The molecule has 1 aromatic heterocycles. The van der Waals surface area contributed by atoms with Crippen LogP contribution in [0.3, 0.4) is 0 Å². The van der Waals surface area contributed by atoms with Gasteiger partial charge in [-0.1, -0.05) is 60.7 Å². The largest absolute Gasteiger partial charge is 0.457 e. The number of aromatic amines is 1. The number of nitrogens with one attached hydrogen (secondary N) is 2. The third-order valence-electron chi connectivity index (χ3n) is 6.24. The number of carbonyl (C=O) groups excluding carboxylic acids is 1. The number of nitrogens with zero attached hydrogens (tertiary/aromatic N) is 2. The van der Waals surface area contributed by atoms with Crippen molar-refractivity contribution >= 4 is 22.9 Å². The molecule has 4 aromatic carbocycles. The molecule has 0 bridgehead atoms. The van der Waals surface area contributed by atoms with Gasteiger partial charge in [0.2, 0.25) is 0 Å². The maximum Gasteiger partial charge on any atom is 0.289 e. The number of ether oxygens (including phenoxy) is 1. The number of hydrazone groups is 1. The number of rotatable bonds is 6. The molecule has 0 unspecified atom stereocenters. The van der Waals surface area contributed by atoms with E-state index in [1.54, 1.807) is 12.3 Å². The maximum atomic E-state index is 12.7. The first-order chi connectivity index (χ1) is 17.3. The highest BCUT2D eigenvalue weighted by molar-refractivity contribution is 6.02. The van der Waals surface area contributed by atoms with E-state index >= 15 is 0 Å². The molecule has 6 rings (SSSR count). The topological polar surface area (TPSA) is 79.4 Å². The molecule has 0 saturated carbocycles. The van der Waals surface area contributed by atoms with Crippen LogP contribution < -0.4 is 10.2 Å². The van der Waals surface area contributed by atoms with E-state index in [4.69, 9.17) is 4.74 Å². The minimum Gasteiger partial charge on any atom is -0.457 e. The second kappa shape index (κ2) is 8.91. The molecule has 170 valence electrons. The summed E-state index contributed by atoms with van der Waals surface area (Å²) >= 11 is 0. The van der Waals surface area contributed by atoms with Crippen LogP contribution in [0.4, 0.5) is 0 Å². The SMILES string of the molecule is O=C(N/N=C/c1ccccc1Oc1ccccc1)c1cc(-c2ccc3c4c(cccc24)CC3)n[nH]1. The first-order valence-corrected chi connectivity index (χ1v) is 11.5. The lowest BCUT2D eigenvalue weighted by molar-refractivity contribution is 0.0950. The average Bonchev–Trinajstić information content (AvgIpc) is 3.55. The summed E-state index contributed by atoms with van der Waals surface area (Å²) in [5, 5.41) is 13.9. The molecule has 0 fully saturated rings. The quantitative estimate of drug-likeness (QED) is 0.246. The Morgan fingerprint density at radius 2 is 1.71 bits per heavy atom. The Kier molecular flexibility index (Phi) is 5.31. The fraction of sp³-hybridized carbons (Fsp3) is 0.0690.